The molecule has 5 heteroatoms. The minimum atomic E-state index is -4.42. The lowest BCUT2D eigenvalue weighted by Gasteiger charge is -2.20. The Hall–Kier alpha value is -1.39. The molecule has 0 radical (unpaired) electrons. The Morgan fingerprint density at radius 3 is 2.48 bits per heavy atom. The van der Waals surface area contributed by atoms with Gasteiger partial charge < -0.3 is 10.5 Å². The molecule has 0 atom stereocenters. The highest BCUT2D eigenvalue weighted by molar-refractivity contribution is 5.57. The molecule has 1 aliphatic carbocycles. The predicted molar refractivity (Wildman–Crippen MR) is 77.5 cm³/mol. The number of benzene rings is 1. The molecule has 21 heavy (non-hydrogen) atoms. The van der Waals surface area contributed by atoms with E-state index in [1.165, 1.54) is 12.1 Å². The van der Waals surface area contributed by atoms with Crippen LogP contribution in [0.15, 0.2) is 12.1 Å². The minimum absolute atomic E-state index is 0.156. The van der Waals surface area contributed by atoms with E-state index in [2.05, 4.69) is 0 Å². The molecule has 118 valence electrons. The van der Waals surface area contributed by atoms with Crippen molar-refractivity contribution in [2.45, 2.75) is 57.5 Å². The first-order chi connectivity index (χ1) is 9.93. The van der Waals surface area contributed by atoms with Crippen LogP contribution in [0, 0.1) is 0 Å². The largest absolute Gasteiger partial charge is 0.493 e. The van der Waals surface area contributed by atoms with E-state index in [9.17, 15) is 13.2 Å². The number of nitrogen functional groups attached to an aromatic ring is 1. The van der Waals surface area contributed by atoms with Crippen molar-refractivity contribution < 1.29 is 17.9 Å². The lowest BCUT2D eigenvalue weighted by Crippen LogP contribution is -2.12. The zero-order valence-electron chi connectivity index (χ0n) is 12.3. The van der Waals surface area contributed by atoms with E-state index in [4.69, 9.17) is 10.5 Å². The molecule has 0 aromatic heterocycles. The molecule has 1 fully saturated rings. The maximum Gasteiger partial charge on any atom is 0.418 e. The summed E-state index contributed by atoms with van der Waals surface area (Å²) >= 11 is 0. The number of nitrogens with two attached hydrogens (primary N) is 1. The van der Waals surface area contributed by atoms with Crippen LogP contribution in [-0.4, -0.2) is 6.61 Å². The van der Waals surface area contributed by atoms with Gasteiger partial charge in [-0.25, -0.2) is 0 Å². The second-order valence-corrected chi connectivity index (χ2v) is 5.66. The lowest BCUT2D eigenvalue weighted by atomic mass is 9.94. The third-order valence-corrected chi connectivity index (χ3v) is 4.04. The van der Waals surface area contributed by atoms with Crippen LogP contribution in [0.4, 0.5) is 18.9 Å². The number of alkyl halides is 3. The van der Waals surface area contributed by atoms with E-state index >= 15 is 0 Å². The molecule has 1 aliphatic rings. The first-order valence-corrected chi connectivity index (χ1v) is 7.57. The molecule has 0 spiro atoms. The van der Waals surface area contributed by atoms with Crippen molar-refractivity contribution in [3.05, 3.63) is 23.3 Å². The Morgan fingerprint density at radius 1 is 1.24 bits per heavy atom. The minimum Gasteiger partial charge on any atom is -0.493 e. The van der Waals surface area contributed by atoms with E-state index in [-0.39, 0.29) is 11.6 Å². The van der Waals surface area contributed by atoms with Crippen molar-refractivity contribution in [1.82, 2.24) is 0 Å². The molecule has 0 heterocycles. The molecular formula is C16H22F3NO. The van der Waals surface area contributed by atoms with Gasteiger partial charge in [0.15, 0.2) is 0 Å². The van der Waals surface area contributed by atoms with Gasteiger partial charge in [0.2, 0.25) is 0 Å². The number of halogens is 3. The second-order valence-electron chi connectivity index (χ2n) is 5.66. The molecule has 0 amide bonds. The van der Waals surface area contributed by atoms with Crippen LogP contribution in [0.5, 0.6) is 5.75 Å². The van der Waals surface area contributed by atoms with E-state index in [1.807, 2.05) is 6.92 Å². The van der Waals surface area contributed by atoms with Gasteiger partial charge in [0, 0.05) is 11.8 Å². The summed E-state index contributed by atoms with van der Waals surface area (Å²) in [4.78, 5) is 0. The smallest absolute Gasteiger partial charge is 0.418 e. The number of ether oxygens (including phenoxy) is 1. The Labute approximate surface area is 123 Å². The Bertz CT molecular complexity index is 479. The standard InChI is InChI=1S/C16H22F3NO/c1-2-3-8-21-15-10-14(20)13(16(17,18)19)9-12(15)11-6-4-5-7-11/h9-11H,2-8,20H2,1H3. The van der Waals surface area contributed by atoms with Crippen molar-refractivity contribution in [2.24, 2.45) is 0 Å². The fraction of sp³-hybridized carbons (Fsp3) is 0.625. The summed E-state index contributed by atoms with van der Waals surface area (Å²) in [6, 6.07) is 2.55. The van der Waals surface area contributed by atoms with Crippen LogP contribution in [-0.2, 0) is 6.18 Å². The molecule has 1 saturated carbocycles. The maximum absolute atomic E-state index is 13.0. The third kappa shape index (κ3) is 3.83. The highest BCUT2D eigenvalue weighted by Crippen LogP contribution is 2.44. The van der Waals surface area contributed by atoms with Gasteiger partial charge in [0.05, 0.1) is 12.2 Å². The Balaban J connectivity index is 2.35. The first kappa shape index (κ1) is 16.0. The van der Waals surface area contributed by atoms with Crippen molar-refractivity contribution >= 4 is 5.69 Å². The monoisotopic (exact) mass is 301 g/mol. The Morgan fingerprint density at radius 2 is 1.90 bits per heavy atom. The van der Waals surface area contributed by atoms with Gasteiger partial charge in [0.1, 0.15) is 5.75 Å². The summed E-state index contributed by atoms with van der Waals surface area (Å²) in [5, 5.41) is 0. The molecule has 1 aromatic carbocycles. The van der Waals surface area contributed by atoms with Crippen LogP contribution >= 0.6 is 0 Å². The van der Waals surface area contributed by atoms with Gasteiger partial charge in [-0.2, -0.15) is 13.2 Å². The normalized spacial score (nSPS) is 16.4. The summed E-state index contributed by atoms with van der Waals surface area (Å²) in [6.07, 6.45) is 1.41. The molecule has 0 bridgehead atoms. The van der Waals surface area contributed by atoms with Crippen LogP contribution in [0.25, 0.3) is 0 Å². The van der Waals surface area contributed by atoms with E-state index in [1.54, 1.807) is 0 Å². The highest BCUT2D eigenvalue weighted by Gasteiger charge is 2.35. The second kappa shape index (κ2) is 6.58. The fourth-order valence-corrected chi connectivity index (χ4v) is 2.87. The number of hydrogen-bond acceptors (Lipinski definition) is 2. The van der Waals surface area contributed by atoms with Crippen LogP contribution in [0.3, 0.4) is 0 Å². The average molecular weight is 301 g/mol. The lowest BCUT2D eigenvalue weighted by molar-refractivity contribution is -0.137. The molecule has 0 saturated heterocycles. The number of hydrogen-bond donors (Lipinski definition) is 1. The molecule has 0 unspecified atom stereocenters. The van der Waals surface area contributed by atoms with E-state index in [0.29, 0.717) is 17.9 Å². The van der Waals surface area contributed by atoms with Gasteiger partial charge in [0.25, 0.3) is 0 Å². The zero-order chi connectivity index (χ0) is 15.5. The quantitative estimate of drug-likeness (QED) is 0.605. The van der Waals surface area contributed by atoms with Gasteiger partial charge in [-0.15, -0.1) is 0 Å². The van der Waals surface area contributed by atoms with Gasteiger partial charge in [-0.1, -0.05) is 26.2 Å². The third-order valence-electron chi connectivity index (χ3n) is 4.04. The van der Waals surface area contributed by atoms with Crippen LogP contribution < -0.4 is 10.5 Å². The van der Waals surface area contributed by atoms with Crippen molar-refractivity contribution in [1.29, 1.82) is 0 Å². The molecule has 2 nitrogen and oxygen atoms in total. The molecule has 2 N–H and O–H groups in total. The number of anilines is 1. The van der Waals surface area contributed by atoms with E-state index in [0.717, 1.165) is 38.5 Å². The number of rotatable bonds is 5. The molecule has 0 aliphatic heterocycles. The summed E-state index contributed by atoms with van der Waals surface area (Å²) in [5.41, 5.74) is 5.25. The molecule has 2 rings (SSSR count). The van der Waals surface area contributed by atoms with Gasteiger partial charge in [-0.05, 0) is 36.8 Å². The summed E-state index contributed by atoms with van der Waals surface area (Å²) < 4.78 is 44.8. The van der Waals surface area contributed by atoms with Crippen LogP contribution in [0.2, 0.25) is 0 Å². The number of unbranched alkanes of at least 4 members (excludes halogenated alkanes) is 1. The van der Waals surface area contributed by atoms with Crippen molar-refractivity contribution in [3.8, 4) is 5.75 Å². The molecular weight excluding hydrogens is 279 g/mol. The summed E-state index contributed by atoms with van der Waals surface area (Å²) in [5.74, 6) is 0.684. The summed E-state index contributed by atoms with van der Waals surface area (Å²) in [6.45, 7) is 2.56. The van der Waals surface area contributed by atoms with Crippen molar-refractivity contribution in [2.75, 3.05) is 12.3 Å². The van der Waals surface area contributed by atoms with Gasteiger partial charge >= 0.3 is 6.18 Å². The first-order valence-electron chi connectivity index (χ1n) is 7.57. The van der Waals surface area contributed by atoms with Crippen LogP contribution in [0.1, 0.15) is 62.5 Å². The summed E-state index contributed by atoms with van der Waals surface area (Å²) in [7, 11) is 0. The topological polar surface area (TPSA) is 35.2 Å². The van der Waals surface area contributed by atoms with Gasteiger partial charge in [-0.3, -0.25) is 0 Å². The van der Waals surface area contributed by atoms with E-state index < -0.39 is 11.7 Å². The highest BCUT2D eigenvalue weighted by atomic mass is 19.4. The SMILES string of the molecule is CCCCOc1cc(N)c(C(F)(F)F)cc1C1CCCC1. The molecule has 1 aromatic rings. The maximum atomic E-state index is 13.0. The van der Waals surface area contributed by atoms with Crippen molar-refractivity contribution in [3.63, 3.8) is 0 Å². The average Bonchev–Trinajstić information content (AvgIpc) is 2.91. The fourth-order valence-electron chi connectivity index (χ4n) is 2.87. The zero-order valence-corrected chi connectivity index (χ0v) is 12.3. The Kier molecular flexibility index (Phi) is 5.01. The predicted octanol–water partition coefficient (Wildman–Crippen LogP) is 5.12.